The molecule has 2 unspecified atom stereocenters. The number of hydrogen-bond acceptors (Lipinski definition) is 4. The van der Waals surface area contributed by atoms with E-state index < -0.39 is 0 Å². The average molecular weight is 345 g/mol. The average Bonchev–Trinajstić information content (AvgIpc) is 2.60. The molecule has 0 aromatic carbocycles. The van der Waals surface area contributed by atoms with Crippen molar-refractivity contribution in [2.75, 3.05) is 51.2 Å². The molecule has 2 saturated heterocycles. The highest BCUT2D eigenvalue weighted by Gasteiger charge is 2.25. The number of amides is 2. The Morgan fingerprint density at radius 1 is 1.16 bits per heavy atom. The van der Waals surface area contributed by atoms with Gasteiger partial charge in [0.1, 0.15) is 5.82 Å². The van der Waals surface area contributed by atoms with Crippen molar-refractivity contribution in [3.8, 4) is 0 Å². The normalized spacial score (nSPS) is 25.1. The van der Waals surface area contributed by atoms with Gasteiger partial charge >= 0.3 is 6.03 Å². The zero-order valence-electron chi connectivity index (χ0n) is 15.7. The molecule has 6 heteroatoms. The molecule has 0 saturated carbocycles. The summed E-state index contributed by atoms with van der Waals surface area (Å²) in [5, 5.41) is 3.04. The zero-order chi connectivity index (χ0) is 17.8. The topological polar surface area (TPSA) is 51.7 Å². The second-order valence-corrected chi connectivity index (χ2v) is 7.82. The van der Waals surface area contributed by atoms with Crippen molar-refractivity contribution < 1.29 is 4.79 Å². The number of carbonyl (C=O) groups is 1. The minimum Gasteiger partial charge on any atom is -0.354 e. The minimum absolute atomic E-state index is 0.0431. The molecule has 0 radical (unpaired) electrons. The molecular weight excluding hydrogens is 314 g/mol. The molecule has 1 N–H and O–H groups in total. The van der Waals surface area contributed by atoms with Gasteiger partial charge in [0.15, 0.2) is 0 Å². The van der Waals surface area contributed by atoms with E-state index in [1.165, 1.54) is 6.42 Å². The summed E-state index contributed by atoms with van der Waals surface area (Å²) in [7, 11) is 2.15. The van der Waals surface area contributed by atoms with Gasteiger partial charge in [-0.05, 0) is 36.9 Å². The van der Waals surface area contributed by atoms with Gasteiger partial charge in [0.2, 0.25) is 0 Å². The van der Waals surface area contributed by atoms with Crippen LogP contribution in [0.15, 0.2) is 18.3 Å². The third-order valence-corrected chi connectivity index (χ3v) is 5.24. The van der Waals surface area contributed by atoms with Gasteiger partial charge in [-0.3, -0.25) is 0 Å². The van der Waals surface area contributed by atoms with E-state index in [1.807, 2.05) is 11.1 Å². The Kier molecular flexibility index (Phi) is 5.78. The lowest BCUT2D eigenvalue weighted by atomic mass is 9.92. The Morgan fingerprint density at radius 3 is 2.44 bits per heavy atom. The van der Waals surface area contributed by atoms with Gasteiger partial charge in [-0.25, -0.2) is 9.78 Å². The molecule has 25 heavy (non-hydrogen) atoms. The fourth-order valence-corrected chi connectivity index (χ4v) is 3.86. The molecule has 2 fully saturated rings. The van der Waals surface area contributed by atoms with Crippen molar-refractivity contribution in [1.82, 2.24) is 20.1 Å². The highest BCUT2D eigenvalue weighted by molar-refractivity contribution is 5.74. The summed E-state index contributed by atoms with van der Waals surface area (Å²) in [6.45, 7) is 10.9. The van der Waals surface area contributed by atoms with Gasteiger partial charge in [-0.2, -0.15) is 0 Å². The van der Waals surface area contributed by atoms with Gasteiger partial charge in [0, 0.05) is 52.0 Å². The molecule has 6 nitrogen and oxygen atoms in total. The lowest BCUT2D eigenvalue weighted by Crippen LogP contribution is -2.47. The molecule has 2 aliphatic rings. The van der Waals surface area contributed by atoms with Crippen LogP contribution in [-0.4, -0.2) is 67.1 Å². The monoisotopic (exact) mass is 345 g/mol. The number of urea groups is 1. The van der Waals surface area contributed by atoms with E-state index >= 15 is 0 Å². The Balaban J connectivity index is 1.49. The highest BCUT2D eigenvalue weighted by atomic mass is 16.2. The van der Waals surface area contributed by atoms with Crippen LogP contribution in [0, 0.1) is 11.8 Å². The van der Waals surface area contributed by atoms with Gasteiger partial charge in [0.25, 0.3) is 0 Å². The SMILES string of the molecule is CC1CC(C)CN(C(=O)NCc2ccc(N3CCN(C)CC3)nc2)C1. The van der Waals surface area contributed by atoms with Crippen molar-refractivity contribution in [2.24, 2.45) is 11.8 Å². The van der Waals surface area contributed by atoms with E-state index in [0.29, 0.717) is 18.4 Å². The zero-order valence-corrected chi connectivity index (χ0v) is 15.7. The first-order valence-corrected chi connectivity index (χ1v) is 9.42. The van der Waals surface area contributed by atoms with Crippen molar-refractivity contribution in [2.45, 2.75) is 26.8 Å². The number of pyridine rings is 1. The summed E-state index contributed by atoms with van der Waals surface area (Å²) in [4.78, 5) is 23.6. The number of carbonyl (C=O) groups excluding carboxylic acids is 1. The van der Waals surface area contributed by atoms with Crippen molar-refractivity contribution in [3.05, 3.63) is 23.9 Å². The van der Waals surface area contributed by atoms with E-state index in [-0.39, 0.29) is 6.03 Å². The molecule has 0 spiro atoms. The smallest absolute Gasteiger partial charge is 0.317 e. The number of piperidine rings is 1. The van der Waals surface area contributed by atoms with Crippen LogP contribution in [0.3, 0.4) is 0 Å². The Morgan fingerprint density at radius 2 is 1.84 bits per heavy atom. The Hall–Kier alpha value is -1.82. The van der Waals surface area contributed by atoms with Gasteiger partial charge < -0.3 is 20.0 Å². The largest absolute Gasteiger partial charge is 0.354 e. The first-order chi connectivity index (χ1) is 12.0. The third kappa shape index (κ3) is 4.84. The highest BCUT2D eigenvalue weighted by Crippen LogP contribution is 2.21. The van der Waals surface area contributed by atoms with E-state index in [4.69, 9.17) is 0 Å². The molecule has 1 aromatic rings. The molecule has 2 amide bonds. The summed E-state index contributed by atoms with van der Waals surface area (Å²) in [5.74, 6) is 2.19. The fraction of sp³-hybridized carbons (Fsp3) is 0.684. The maximum absolute atomic E-state index is 12.4. The molecule has 1 aromatic heterocycles. The van der Waals surface area contributed by atoms with Crippen molar-refractivity contribution in [3.63, 3.8) is 0 Å². The number of rotatable bonds is 3. The number of anilines is 1. The molecular formula is C19H31N5O. The predicted octanol–water partition coefficient (Wildman–Crippen LogP) is 2.02. The van der Waals surface area contributed by atoms with Crippen LogP contribution in [-0.2, 0) is 6.54 Å². The van der Waals surface area contributed by atoms with Crippen LogP contribution < -0.4 is 10.2 Å². The molecule has 0 aliphatic carbocycles. The van der Waals surface area contributed by atoms with Crippen molar-refractivity contribution >= 4 is 11.8 Å². The molecule has 2 atom stereocenters. The number of nitrogens with zero attached hydrogens (tertiary/aromatic N) is 4. The number of hydrogen-bond donors (Lipinski definition) is 1. The van der Waals surface area contributed by atoms with E-state index in [9.17, 15) is 4.79 Å². The van der Waals surface area contributed by atoms with E-state index in [1.54, 1.807) is 0 Å². The quantitative estimate of drug-likeness (QED) is 0.911. The van der Waals surface area contributed by atoms with Crippen LogP contribution in [0.2, 0.25) is 0 Å². The Bertz CT molecular complexity index is 558. The fourth-order valence-electron chi connectivity index (χ4n) is 3.86. The van der Waals surface area contributed by atoms with Crippen LogP contribution in [0.1, 0.15) is 25.8 Å². The number of aromatic nitrogens is 1. The lowest BCUT2D eigenvalue weighted by Gasteiger charge is -2.35. The number of nitrogens with one attached hydrogen (secondary N) is 1. The van der Waals surface area contributed by atoms with Crippen LogP contribution >= 0.6 is 0 Å². The standard InChI is InChI=1S/C19H31N5O/c1-15-10-16(2)14-24(13-15)19(25)21-12-17-4-5-18(20-11-17)23-8-6-22(3)7-9-23/h4-5,11,15-16H,6-10,12-14H2,1-3H3,(H,21,25). The van der Waals surface area contributed by atoms with E-state index in [0.717, 1.165) is 50.6 Å². The summed E-state index contributed by atoms with van der Waals surface area (Å²) in [6, 6.07) is 4.18. The lowest BCUT2D eigenvalue weighted by molar-refractivity contribution is 0.146. The van der Waals surface area contributed by atoms with Gasteiger partial charge in [0.05, 0.1) is 0 Å². The predicted molar refractivity (Wildman–Crippen MR) is 101 cm³/mol. The van der Waals surface area contributed by atoms with Crippen LogP contribution in [0.25, 0.3) is 0 Å². The summed E-state index contributed by atoms with van der Waals surface area (Å²) in [6.07, 6.45) is 3.09. The molecule has 138 valence electrons. The van der Waals surface area contributed by atoms with Crippen LogP contribution in [0.5, 0.6) is 0 Å². The van der Waals surface area contributed by atoms with E-state index in [2.05, 4.69) is 53.1 Å². The maximum Gasteiger partial charge on any atom is 0.317 e. The van der Waals surface area contributed by atoms with Gasteiger partial charge in [-0.15, -0.1) is 0 Å². The van der Waals surface area contributed by atoms with Gasteiger partial charge in [-0.1, -0.05) is 19.9 Å². The number of likely N-dealkylation sites (N-methyl/N-ethyl adjacent to an activating group) is 1. The summed E-state index contributed by atoms with van der Waals surface area (Å²) in [5.41, 5.74) is 1.05. The molecule has 3 heterocycles. The Labute approximate surface area is 151 Å². The molecule has 0 bridgehead atoms. The summed E-state index contributed by atoms with van der Waals surface area (Å²) < 4.78 is 0. The molecule has 3 rings (SSSR count). The second-order valence-electron chi connectivity index (χ2n) is 7.82. The first kappa shape index (κ1) is 18.0. The maximum atomic E-state index is 12.4. The number of piperazine rings is 1. The van der Waals surface area contributed by atoms with Crippen LogP contribution in [0.4, 0.5) is 10.6 Å². The minimum atomic E-state index is 0.0431. The summed E-state index contributed by atoms with van der Waals surface area (Å²) >= 11 is 0. The second kappa shape index (κ2) is 8.04. The number of likely N-dealkylation sites (tertiary alicyclic amines) is 1. The third-order valence-electron chi connectivity index (χ3n) is 5.24. The van der Waals surface area contributed by atoms with Crippen molar-refractivity contribution in [1.29, 1.82) is 0 Å². The first-order valence-electron chi connectivity index (χ1n) is 9.42. The molecule has 2 aliphatic heterocycles.